The van der Waals surface area contributed by atoms with Gasteiger partial charge in [-0.15, -0.1) is 0 Å². The largest absolute Gasteiger partial charge is 0.481 e. The molecule has 0 unspecified atom stereocenters. The van der Waals surface area contributed by atoms with Crippen molar-refractivity contribution in [2.45, 2.75) is 0 Å². The van der Waals surface area contributed by atoms with Crippen LogP contribution in [0.25, 0.3) is 10.9 Å². The van der Waals surface area contributed by atoms with E-state index in [0.717, 1.165) is 10.9 Å². The van der Waals surface area contributed by atoms with Crippen molar-refractivity contribution >= 4 is 16.8 Å². The standard InChI is InChI=1S/C11H13N3O2/c1-12-10(15)7-4-5-8-9(6-7)13-14(2)11(8)16-3/h4-6H,1-3H3,(H,12,15). The fourth-order valence-electron chi connectivity index (χ4n) is 1.70. The van der Waals surface area contributed by atoms with Crippen LogP contribution in [-0.4, -0.2) is 29.8 Å². The van der Waals surface area contributed by atoms with E-state index in [1.807, 2.05) is 6.07 Å². The molecule has 1 aromatic heterocycles. The Morgan fingerprint density at radius 1 is 1.50 bits per heavy atom. The second-order valence-electron chi connectivity index (χ2n) is 3.44. The van der Waals surface area contributed by atoms with Gasteiger partial charge in [0.25, 0.3) is 5.91 Å². The van der Waals surface area contributed by atoms with Crippen molar-refractivity contribution in [1.82, 2.24) is 15.1 Å². The Morgan fingerprint density at radius 2 is 2.25 bits per heavy atom. The summed E-state index contributed by atoms with van der Waals surface area (Å²) in [6.45, 7) is 0. The minimum Gasteiger partial charge on any atom is -0.481 e. The maximum atomic E-state index is 11.4. The van der Waals surface area contributed by atoms with Crippen LogP contribution in [0.2, 0.25) is 0 Å². The molecule has 1 amide bonds. The molecule has 0 atom stereocenters. The molecule has 16 heavy (non-hydrogen) atoms. The van der Waals surface area contributed by atoms with Gasteiger partial charge in [-0.3, -0.25) is 4.79 Å². The number of fused-ring (bicyclic) bond motifs is 1. The molecule has 0 saturated heterocycles. The molecule has 2 aromatic rings. The summed E-state index contributed by atoms with van der Waals surface area (Å²) < 4.78 is 6.88. The molecule has 5 heteroatoms. The van der Waals surface area contributed by atoms with Gasteiger partial charge in [0.1, 0.15) is 0 Å². The van der Waals surface area contributed by atoms with Crippen LogP contribution in [0.5, 0.6) is 5.88 Å². The first-order valence-electron chi connectivity index (χ1n) is 4.90. The fourth-order valence-corrected chi connectivity index (χ4v) is 1.70. The van der Waals surface area contributed by atoms with Crippen LogP contribution in [0, 0.1) is 0 Å². The fraction of sp³-hybridized carbons (Fsp3) is 0.273. The van der Waals surface area contributed by atoms with Gasteiger partial charge in [0.05, 0.1) is 18.0 Å². The number of hydrogen-bond acceptors (Lipinski definition) is 3. The number of nitrogens with zero attached hydrogens (tertiary/aromatic N) is 2. The van der Waals surface area contributed by atoms with Crippen LogP contribution in [0.15, 0.2) is 18.2 Å². The summed E-state index contributed by atoms with van der Waals surface area (Å²) >= 11 is 0. The van der Waals surface area contributed by atoms with Gasteiger partial charge in [0, 0.05) is 19.7 Å². The van der Waals surface area contributed by atoms with Crippen LogP contribution < -0.4 is 10.1 Å². The number of carbonyl (C=O) groups is 1. The smallest absolute Gasteiger partial charge is 0.251 e. The van der Waals surface area contributed by atoms with Crippen LogP contribution in [0.4, 0.5) is 0 Å². The van der Waals surface area contributed by atoms with Crippen molar-refractivity contribution in [2.75, 3.05) is 14.2 Å². The summed E-state index contributed by atoms with van der Waals surface area (Å²) in [5.74, 6) is 0.574. The third-order valence-corrected chi connectivity index (χ3v) is 2.46. The molecule has 0 aliphatic heterocycles. The van der Waals surface area contributed by atoms with Gasteiger partial charge in [-0.2, -0.15) is 5.10 Å². The highest BCUT2D eigenvalue weighted by Crippen LogP contribution is 2.25. The van der Waals surface area contributed by atoms with Crippen molar-refractivity contribution < 1.29 is 9.53 Å². The predicted octanol–water partition coefficient (Wildman–Crippen LogP) is 0.942. The number of amides is 1. The van der Waals surface area contributed by atoms with Gasteiger partial charge < -0.3 is 10.1 Å². The number of hydrogen-bond donors (Lipinski definition) is 1. The average Bonchev–Trinajstić information content (AvgIpc) is 2.62. The van der Waals surface area contributed by atoms with Gasteiger partial charge in [0.15, 0.2) is 0 Å². The van der Waals surface area contributed by atoms with E-state index in [0.29, 0.717) is 11.4 Å². The molecule has 1 N–H and O–H groups in total. The molecular formula is C11H13N3O2. The van der Waals surface area contributed by atoms with E-state index in [2.05, 4.69) is 10.4 Å². The average molecular weight is 219 g/mol. The summed E-state index contributed by atoms with van der Waals surface area (Å²) in [7, 11) is 5.01. The Kier molecular flexibility index (Phi) is 2.52. The zero-order valence-electron chi connectivity index (χ0n) is 9.44. The monoisotopic (exact) mass is 219 g/mol. The lowest BCUT2D eigenvalue weighted by Crippen LogP contribution is -2.17. The maximum absolute atomic E-state index is 11.4. The number of aromatic nitrogens is 2. The van der Waals surface area contributed by atoms with Crippen LogP contribution in [0.3, 0.4) is 0 Å². The predicted molar refractivity (Wildman–Crippen MR) is 60.7 cm³/mol. The SMILES string of the molecule is CNC(=O)c1ccc2c(OC)n(C)nc2c1. The normalized spacial score (nSPS) is 10.4. The number of aryl methyl sites for hydroxylation is 1. The molecule has 5 nitrogen and oxygen atoms in total. The van der Waals surface area contributed by atoms with E-state index < -0.39 is 0 Å². The van der Waals surface area contributed by atoms with E-state index in [1.165, 1.54) is 0 Å². The Balaban J connectivity index is 2.60. The molecule has 84 valence electrons. The highest BCUT2D eigenvalue weighted by Gasteiger charge is 2.11. The van der Waals surface area contributed by atoms with Gasteiger partial charge in [0.2, 0.25) is 5.88 Å². The van der Waals surface area contributed by atoms with Crippen molar-refractivity contribution in [1.29, 1.82) is 0 Å². The molecule has 0 saturated carbocycles. The Morgan fingerprint density at radius 3 is 2.88 bits per heavy atom. The molecular weight excluding hydrogens is 206 g/mol. The quantitative estimate of drug-likeness (QED) is 0.817. The highest BCUT2D eigenvalue weighted by molar-refractivity contribution is 5.98. The van der Waals surface area contributed by atoms with Crippen LogP contribution in [-0.2, 0) is 7.05 Å². The first-order chi connectivity index (χ1) is 7.67. The van der Waals surface area contributed by atoms with Gasteiger partial charge in [-0.05, 0) is 18.2 Å². The minimum atomic E-state index is -0.119. The van der Waals surface area contributed by atoms with E-state index in [1.54, 1.807) is 38.0 Å². The van der Waals surface area contributed by atoms with Crippen LogP contribution in [0.1, 0.15) is 10.4 Å². The summed E-state index contributed by atoms with van der Waals surface area (Å²) in [4.78, 5) is 11.4. The maximum Gasteiger partial charge on any atom is 0.251 e. The number of methoxy groups -OCH3 is 1. The van der Waals surface area contributed by atoms with Crippen molar-refractivity contribution in [2.24, 2.45) is 7.05 Å². The lowest BCUT2D eigenvalue weighted by molar-refractivity contribution is 0.0963. The number of nitrogens with one attached hydrogen (secondary N) is 1. The van der Waals surface area contributed by atoms with Crippen molar-refractivity contribution in [3.05, 3.63) is 23.8 Å². The van der Waals surface area contributed by atoms with Crippen molar-refractivity contribution in [3.63, 3.8) is 0 Å². The zero-order chi connectivity index (χ0) is 11.7. The van der Waals surface area contributed by atoms with E-state index >= 15 is 0 Å². The lowest BCUT2D eigenvalue weighted by Gasteiger charge is -2.00. The third-order valence-electron chi connectivity index (χ3n) is 2.46. The Labute approximate surface area is 93.0 Å². The molecule has 2 rings (SSSR count). The number of rotatable bonds is 2. The molecule has 0 spiro atoms. The van der Waals surface area contributed by atoms with Crippen LogP contribution >= 0.6 is 0 Å². The first kappa shape index (κ1) is 10.5. The summed E-state index contributed by atoms with van der Waals surface area (Å²) in [5, 5.41) is 7.75. The Bertz CT molecular complexity index is 545. The molecule has 0 fully saturated rings. The minimum absolute atomic E-state index is 0.119. The zero-order valence-corrected chi connectivity index (χ0v) is 9.44. The molecule has 1 aromatic carbocycles. The second kappa shape index (κ2) is 3.84. The van der Waals surface area contributed by atoms with Crippen molar-refractivity contribution in [3.8, 4) is 5.88 Å². The molecule has 1 heterocycles. The van der Waals surface area contributed by atoms with E-state index in [-0.39, 0.29) is 5.91 Å². The highest BCUT2D eigenvalue weighted by atomic mass is 16.5. The van der Waals surface area contributed by atoms with Gasteiger partial charge in [-0.1, -0.05) is 0 Å². The van der Waals surface area contributed by atoms with E-state index in [9.17, 15) is 4.79 Å². The molecule has 0 aliphatic carbocycles. The lowest BCUT2D eigenvalue weighted by atomic mass is 10.1. The summed E-state index contributed by atoms with van der Waals surface area (Å²) in [5.41, 5.74) is 1.34. The number of ether oxygens (including phenoxy) is 1. The van der Waals surface area contributed by atoms with Gasteiger partial charge in [-0.25, -0.2) is 4.68 Å². The second-order valence-corrected chi connectivity index (χ2v) is 3.44. The Hall–Kier alpha value is -2.04. The molecule has 0 radical (unpaired) electrons. The number of carbonyl (C=O) groups excluding carboxylic acids is 1. The van der Waals surface area contributed by atoms with Gasteiger partial charge >= 0.3 is 0 Å². The molecule has 0 aliphatic rings. The topological polar surface area (TPSA) is 56.1 Å². The summed E-state index contributed by atoms with van der Waals surface area (Å²) in [6.07, 6.45) is 0. The first-order valence-corrected chi connectivity index (χ1v) is 4.90. The summed E-state index contributed by atoms with van der Waals surface area (Å²) in [6, 6.07) is 5.34. The number of benzene rings is 1. The third kappa shape index (κ3) is 1.50. The molecule has 0 bridgehead atoms. The van der Waals surface area contributed by atoms with E-state index in [4.69, 9.17) is 4.74 Å².